The van der Waals surface area contributed by atoms with Gasteiger partial charge in [0, 0.05) is 11.1 Å². The summed E-state index contributed by atoms with van der Waals surface area (Å²) in [6.07, 6.45) is 0.884. The van der Waals surface area contributed by atoms with E-state index in [0.29, 0.717) is 16.3 Å². The molecule has 3 nitrogen and oxygen atoms in total. The van der Waals surface area contributed by atoms with Gasteiger partial charge in [0.15, 0.2) is 0 Å². The number of hydrogen-bond acceptors (Lipinski definition) is 2. The summed E-state index contributed by atoms with van der Waals surface area (Å²) in [5.41, 5.74) is 0.468. The first-order valence-electron chi connectivity index (χ1n) is 5.22. The lowest BCUT2D eigenvalue weighted by Crippen LogP contribution is -2.32. The first kappa shape index (κ1) is 12.8. The van der Waals surface area contributed by atoms with Crippen molar-refractivity contribution in [2.75, 3.05) is 7.11 Å². The van der Waals surface area contributed by atoms with Crippen molar-refractivity contribution in [3.63, 3.8) is 0 Å². The van der Waals surface area contributed by atoms with Gasteiger partial charge in [0.1, 0.15) is 5.75 Å². The zero-order chi connectivity index (χ0) is 12.1. The SMILES string of the molecule is CC[C@@H](C)NC(=O)c1cc(Cl)ccc1OC. The lowest BCUT2D eigenvalue weighted by atomic mass is 10.1. The number of carbonyl (C=O) groups excluding carboxylic acids is 1. The van der Waals surface area contributed by atoms with E-state index in [-0.39, 0.29) is 11.9 Å². The van der Waals surface area contributed by atoms with Gasteiger partial charge in [0.2, 0.25) is 0 Å². The topological polar surface area (TPSA) is 38.3 Å². The lowest BCUT2D eigenvalue weighted by Gasteiger charge is -2.13. The van der Waals surface area contributed by atoms with Crippen molar-refractivity contribution in [1.82, 2.24) is 5.32 Å². The van der Waals surface area contributed by atoms with Gasteiger partial charge in [-0.15, -0.1) is 0 Å². The van der Waals surface area contributed by atoms with Crippen LogP contribution in [0.2, 0.25) is 5.02 Å². The molecule has 0 aliphatic rings. The third kappa shape index (κ3) is 3.14. The van der Waals surface area contributed by atoms with E-state index < -0.39 is 0 Å². The Hall–Kier alpha value is -1.22. The van der Waals surface area contributed by atoms with Gasteiger partial charge in [-0.05, 0) is 31.5 Å². The minimum atomic E-state index is -0.159. The fourth-order valence-corrected chi connectivity index (χ4v) is 1.43. The lowest BCUT2D eigenvalue weighted by molar-refractivity contribution is 0.0936. The third-order valence-corrected chi connectivity index (χ3v) is 2.63. The second-order valence-corrected chi connectivity index (χ2v) is 4.06. The first-order valence-corrected chi connectivity index (χ1v) is 5.60. The van der Waals surface area contributed by atoms with Crippen molar-refractivity contribution in [3.05, 3.63) is 28.8 Å². The van der Waals surface area contributed by atoms with E-state index in [1.165, 1.54) is 7.11 Å². The van der Waals surface area contributed by atoms with E-state index in [0.717, 1.165) is 6.42 Å². The quantitative estimate of drug-likeness (QED) is 0.880. The summed E-state index contributed by atoms with van der Waals surface area (Å²) >= 11 is 5.85. The molecule has 88 valence electrons. The molecule has 1 aromatic carbocycles. The van der Waals surface area contributed by atoms with Crippen LogP contribution in [0.3, 0.4) is 0 Å². The zero-order valence-corrected chi connectivity index (χ0v) is 10.5. The highest BCUT2D eigenvalue weighted by Gasteiger charge is 2.14. The van der Waals surface area contributed by atoms with Gasteiger partial charge in [-0.1, -0.05) is 18.5 Å². The van der Waals surface area contributed by atoms with E-state index in [9.17, 15) is 4.79 Å². The summed E-state index contributed by atoms with van der Waals surface area (Å²) in [5, 5.41) is 3.39. The molecule has 0 heterocycles. The van der Waals surface area contributed by atoms with Gasteiger partial charge in [0.05, 0.1) is 12.7 Å². The van der Waals surface area contributed by atoms with Gasteiger partial charge in [-0.3, -0.25) is 4.79 Å². The highest BCUT2D eigenvalue weighted by molar-refractivity contribution is 6.31. The molecule has 0 fully saturated rings. The van der Waals surface area contributed by atoms with Crippen molar-refractivity contribution in [2.24, 2.45) is 0 Å². The van der Waals surface area contributed by atoms with E-state index in [1.54, 1.807) is 18.2 Å². The standard InChI is InChI=1S/C12H16ClNO2/c1-4-8(2)14-12(15)10-7-9(13)5-6-11(10)16-3/h5-8H,4H2,1-3H3,(H,14,15)/t8-/m1/s1. The van der Waals surface area contributed by atoms with Gasteiger partial charge in [0.25, 0.3) is 5.91 Å². The Morgan fingerprint density at radius 3 is 2.81 bits per heavy atom. The molecule has 0 radical (unpaired) electrons. The summed E-state index contributed by atoms with van der Waals surface area (Å²) in [4.78, 5) is 11.9. The Labute approximate surface area is 101 Å². The molecule has 1 aromatic rings. The first-order chi connectivity index (χ1) is 7.58. The fourth-order valence-electron chi connectivity index (χ4n) is 1.26. The molecular formula is C12H16ClNO2. The Morgan fingerprint density at radius 1 is 1.56 bits per heavy atom. The van der Waals surface area contributed by atoms with Crippen LogP contribution in [0.1, 0.15) is 30.6 Å². The van der Waals surface area contributed by atoms with Crippen LogP contribution in [0.5, 0.6) is 5.75 Å². The van der Waals surface area contributed by atoms with Crippen molar-refractivity contribution < 1.29 is 9.53 Å². The molecule has 0 aliphatic carbocycles. The summed E-state index contributed by atoms with van der Waals surface area (Å²) in [6, 6.07) is 5.13. The molecule has 1 atom stereocenters. The fraction of sp³-hybridized carbons (Fsp3) is 0.417. The molecule has 0 aromatic heterocycles. The molecule has 0 saturated carbocycles. The maximum absolute atomic E-state index is 11.9. The van der Waals surface area contributed by atoms with Crippen molar-refractivity contribution >= 4 is 17.5 Å². The third-order valence-electron chi connectivity index (χ3n) is 2.40. The molecule has 0 aliphatic heterocycles. The maximum atomic E-state index is 11.9. The van der Waals surface area contributed by atoms with Crippen molar-refractivity contribution in [1.29, 1.82) is 0 Å². The summed E-state index contributed by atoms with van der Waals surface area (Å²) in [5.74, 6) is 0.374. The number of hydrogen-bond donors (Lipinski definition) is 1. The largest absolute Gasteiger partial charge is 0.496 e. The minimum Gasteiger partial charge on any atom is -0.496 e. The second kappa shape index (κ2) is 5.75. The monoisotopic (exact) mass is 241 g/mol. The average molecular weight is 242 g/mol. The van der Waals surface area contributed by atoms with E-state index >= 15 is 0 Å². The number of halogens is 1. The molecule has 16 heavy (non-hydrogen) atoms. The van der Waals surface area contributed by atoms with Crippen LogP contribution in [0.15, 0.2) is 18.2 Å². The average Bonchev–Trinajstić information content (AvgIpc) is 2.28. The van der Waals surface area contributed by atoms with Crippen molar-refractivity contribution in [3.8, 4) is 5.75 Å². The number of carbonyl (C=O) groups is 1. The smallest absolute Gasteiger partial charge is 0.255 e. The number of methoxy groups -OCH3 is 1. The summed E-state index contributed by atoms with van der Waals surface area (Å²) in [7, 11) is 1.53. The molecule has 1 N–H and O–H groups in total. The number of benzene rings is 1. The van der Waals surface area contributed by atoms with E-state index in [4.69, 9.17) is 16.3 Å². The number of ether oxygens (including phenoxy) is 1. The molecule has 1 amide bonds. The van der Waals surface area contributed by atoms with Crippen LogP contribution < -0.4 is 10.1 Å². The Morgan fingerprint density at radius 2 is 2.25 bits per heavy atom. The molecule has 0 bridgehead atoms. The summed E-state index contributed by atoms with van der Waals surface area (Å²) in [6.45, 7) is 3.97. The highest BCUT2D eigenvalue weighted by Crippen LogP contribution is 2.22. The predicted octanol–water partition coefficient (Wildman–Crippen LogP) is 2.88. The normalized spacial score (nSPS) is 12.0. The molecule has 0 saturated heterocycles. The number of nitrogens with one attached hydrogen (secondary N) is 1. The van der Waals surface area contributed by atoms with Gasteiger partial charge in [-0.2, -0.15) is 0 Å². The number of amides is 1. The van der Waals surface area contributed by atoms with Crippen LogP contribution >= 0.6 is 11.6 Å². The predicted molar refractivity (Wildman–Crippen MR) is 65.2 cm³/mol. The zero-order valence-electron chi connectivity index (χ0n) is 9.71. The highest BCUT2D eigenvalue weighted by atomic mass is 35.5. The number of rotatable bonds is 4. The molecule has 0 spiro atoms. The van der Waals surface area contributed by atoms with Crippen LogP contribution in [-0.4, -0.2) is 19.1 Å². The molecular weight excluding hydrogens is 226 g/mol. The van der Waals surface area contributed by atoms with Gasteiger partial charge >= 0.3 is 0 Å². The van der Waals surface area contributed by atoms with Gasteiger partial charge < -0.3 is 10.1 Å². The van der Waals surface area contributed by atoms with Gasteiger partial charge in [-0.25, -0.2) is 0 Å². The second-order valence-electron chi connectivity index (χ2n) is 3.63. The Balaban J connectivity index is 2.93. The molecule has 4 heteroatoms. The van der Waals surface area contributed by atoms with E-state index in [1.807, 2.05) is 13.8 Å². The van der Waals surface area contributed by atoms with Crippen LogP contribution in [-0.2, 0) is 0 Å². The van der Waals surface area contributed by atoms with Crippen LogP contribution in [0.25, 0.3) is 0 Å². The molecule has 1 rings (SSSR count). The molecule has 0 unspecified atom stereocenters. The minimum absolute atomic E-state index is 0.135. The summed E-state index contributed by atoms with van der Waals surface area (Å²) < 4.78 is 5.12. The Kier molecular flexibility index (Phi) is 4.62. The van der Waals surface area contributed by atoms with Crippen LogP contribution in [0.4, 0.5) is 0 Å². The maximum Gasteiger partial charge on any atom is 0.255 e. The van der Waals surface area contributed by atoms with Crippen molar-refractivity contribution in [2.45, 2.75) is 26.3 Å². The van der Waals surface area contributed by atoms with Crippen LogP contribution in [0, 0.1) is 0 Å². The Bertz CT molecular complexity index is 379. The van der Waals surface area contributed by atoms with E-state index in [2.05, 4.69) is 5.32 Å².